The van der Waals surface area contributed by atoms with Crippen molar-refractivity contribution < 1.29 is 14.0 Å². The van der Waals surface area contributed by atoms with E-state index in [0.29, 0.717) is 5.89 Å². The standard InChI is InChI=1S/C21H27N3O3/c1-13(2)22-20(25)18-12-27-19(23-18)11-24(14(3)4)21(26)17-10-16(17)15-8-6-5-7-9-15/h5-9,12-14,16-17H,10-11H2,1-4H3,(H,22,25). The highest BCUT2D eigenvalue weighted by molar-refractivity contribution is 5.92. The molecule has 0 spiro atoms. The Hall–Kier alpha value is -2.63. The van der Waals surface area contributed by atoms with E-state index in [0.717, 1.165) is 6.42 Å². The van der Waals surface area contributed by atoms with E-state index < -0.39 is 0 Å². The minimum absolute atomic E-state index is 0.00784. The molecule has 2 amide bonds. The molecule has 1 heterocycles. The van der Waals surface area contributed by atoms with Gasteiger partial charge in [-0.05, 0) is 45.6 Å². The molecule has 27 heavy (non-hydrogen) atoms. The first-order chi connectivity index (χ1) is 12.9. The maximum absolute atomic E-state index is 13.0. The van der Waals surface area contributed by atoms with Crippen LogP contribution < -0.4 is 5.32 Å². The summed E-state index contributed by atoms with van der Waals surface area (Å²) in [5, 5.41) is 2.78. The molecule has 0 bridgehead atoms. The Bertz CT molecular complexity index is 798. The third kappa shape index (κ3) is 4.56. The predicted octanol–water partition coefficient (Wildman–Crippen LogP) is 3.35. The summed E-state index contributed by atoms with van der Waals surface area (Å²) in [4.78, 5) is 31.1. The van der Waals surface area contributed by atoms with Crippen molar-refractivity contribution >= 4 is 11.8 Å². The lowest BCUT2D eigenvalue weighted by Gasteiger charge is -2.25. The van der Waals surface area contributed by atoms with Crippen molar-refractivity contribution in [3.63, 3.8) is 0 Å². The molecule has 144 valence electrons. The number of hydrogen-bond acceptors (Lipinski definition) is 4. The summed E-state index contributed by atoms with van der Waals surface area (Å²) in [5.74, 6) is 0.521. The van der Waals surface area contributed by atoms with Crippen LogP contribution in [0.25, 0.3) is 0 Å². The van der Waals surface area contributed by atoms with Crippen molar-refractivity contribution in [2.45, 2.75) is 58.7 Å². The molecule has 1 aliphatic rings. The Kier molecular flexibility index (Phi) is 5.63. The number of hydrogen-bond donors (Lipinski definition) is 1. The zero-order valence-corrected chi connectivity index (χ0v) is 16.3. The van der Waals surface area contributed by atoms with Gasteiger partial charge in [-0.3, -0.25) is 9.59 Å². The monoisotopic (exact) mass is 369 g/mol. The molecule has 0 radical (unpaired) electrons. The van der Waals surface area contributed by atoms with E-state index in [9.17, 15) is 9.59 Å². The van der Waals surface area contributed by atoms with Crippen LogP contribution in [0.4, 0.5) is 0 Å². The van der Waals surface area contributed by atoms with Gasteiger partial charge in [-0.25, -0.2) is 4.98 Å². The molecule has 6 nitrogen and oxygen atoms in total. The number of amides is 2. The molecule has 2 unspecified atom stereocenters. The molecule has 0 aliphatic heterocycles. The minimum atomic E-state index is -0.270. The van der Waals surface area contributed by atoms with E-state index >= 15 is 0 Å². The number of carbonyl (C=O) groups is 2. The Labute approximate surface area is 160 Å². The largest absolute Gasteiger partial charge is 0.446 e. The van der Waals surface area contributed by atoms with Gasteiger partial charge >= 0.3 is 0 Å². The SMILES string of the molecule is CC(C)NC(=O)c1coc(CN(C(=O)C2CC2c2ccccc2)C(C)C)n1. The van der Waals surface area contributed by atoms with Crippen molar-refractivity contribution in [1.82, 2.24) is 15.2 Å². The van der Waals surface area contributed by atoms with Crippen molar-refractivity contribution in [2.75, 3.05) is 0 Å². The molecule has 1 fully saturated rings. The number of oxazole rings is 1. The van der Waals surface area contributed by atoms with Crippen LogP contribution in [0.1, 0.15) is 62.0 Å². The van der Waals surface area contributed by atoms with Crippen molar-refractivity contribution in [3.05, 3.63) is 53.7 Å². The van der Waals surface area contributed by atoms with Gasteiger partial charge in [0.15, 0.2) is 5.69 Å². The van der Waals surface area contributed by atoms with Crippen LogP contribution in [-0.2, 0) is 11.3 Å². The molecular weight excluding hydrogens is 342 g/mol. The first kappa shape index (κ1) is 19.1. The predicted molar refractivity (Wildman–Crippen MR) is 102 cm³/mol. The molecule has 3 rings (SSSR count). The molecule has 2 aromatic rings. The zero-order chi connectivity index (χ0) is 19.6. The lowest BCUT2D eigenvalue weighted by molar-refractivity contribution is -0.135. The maximum atomic E-state index is 13.0. The van der Waals surface area contributed by atoms with Gasteiger partial charge in [0.2, 0.25) is 11.8 Å². The fourth-order valence-corrected chi connectivity index (χ4v) is 3.23. The van der Waals surface area contributed by atoms with Crippen molar-refractivity contribution in [3.8, 4) is 0 Å². The van der Waals surface area contributed by atoms with Crippen LogP contribution in [0.15, 0.2) is 41.0 Å². The molecule has 0 saturated heterocycles. The highest BCUT2D eigenvalue weighted by Gasteiger charge is 2.46. The Morgan fingerprint density at radius 2 is 1.93 bits per heavy atom. The Balaban J connectivity index is 1.66. The summed E-state index contributed by atoms with van der Waals surface area (Å²) in [6, 6.07) is 10.2. The topological polar surface area (TPSA) is 75.4 Å². The number of aromatic nitrogens is 1. The number of nitrogens with zero attached hydrogens (tertiary/aromatic N) is 2. The number of carbonyl (C=O) groups excluding carboxylic acids is 2. The lowest BCUT2D eigenvalue weighted by atomic mass is 10.1. The average molecular weight is 369 g/mol. The molecule has 1 aliphatic carbocycles. The van der Waals surface area contributed by atoms with Gasteiger partial charge in [-0.1, -0.05) is 30.3 Å². The summed E-state index contributed by atoms with van der Waals surface area (Å²) in [6.07, 6.45) is 2.22. The normalized spacial score (nSPS) is 18.6. The molecule has 1 aromatic carbocycles. The smallest absolute Gasteiger partial charge is 0.273 e. The third-order valence-electron chi connectivity index (χ3n) is 4.75. The minimum Gasteiger partial charge on any atom is -0.446 e. The highest BCUT2D eigenvalue weighted by atomic mass is 16.3. The summed E-state index contributed by atoms with van der Waals surface area (Å²) in [7, 11) is 0. The van der Waals surface area contributed by atoms with E-state index in [4.69, 9.17) is 4.42 Å². The van der Waals surface area contributed by atoms with E-state index in [1.54, 1.807) is 4.90 Å². The molecule has 1 saturated carbocycles. The summed E-state index contributed by atoms with van der Waals surface area (Å²) < 4.78 is 5.44. The average Bonchev–Trinajstić information content (AvgIpc) is 3.29. The Morgan fingerprint density at radius 3 is 2.56 bits per heavy atom. The van der Waals surface area contributed by atoms with Gasteiger partial charge in [0.25, 0.3) is 5.91 Å². The first-order valence-corrected chi connectivity index (χ1v) is 9.47. The van der Waals surface area contributed by atoms with Gasteiger partial charge in [0.1, 0.15) is 6.26 Å². The fraction of sp³-hybridized carbons (Fsp3) is 0.476. The molecule has 1 N–H and O–H groups in total. The molecule has 6 heteroatoms. The summed E-state index contributed by atoms with van der Waals surface area (Å²) in [5.41, 5.74) is 1.45. The first-order valence-electron chi connectivity index (χ1n) is 9.47. The molecule has 1 aromatic heterocycles. The van der Waals surface area contributed by atoms with Crippen LogP contribution in [-0.4, -0.2) is 33.8 Å². The Morgan fingerprint density at radius 1 is 1.22 bits per heavy atom. The second-order valence-electron chi connectivity index (χ2n) is 7.67. The third-order valence-corrected chi connectivity index (χ3v) is 4.75. The van der Waals surface area contributed by atoms with Crippen LogP contribution in [0, 0.1) is 5.92 Å². The van der Waals surface area contributed by atoms with E-state index in [-0.39, 0.29) is 48.0 Å². The van der Waals surface area contributed by atoms with Crippen LogP contribution >= 0.6 is 0 Å². The summed E-state index contributed by atoms with van der Waals surface area (Å²) in [6.45, 7) is 8.00. The molecule has 2 atom stereocenters. The molecular formula is C21H27N3O3. The van der Waals surface area contributed by atoms with Crippen LogP contribution in [0.3, 0.4) is 0 Å². The quantitative estimate of drug-likeness (QED) is 0.812. The van der Waals surface area contributed by atoms with Crippen LogP contribution in [0.5, 0.6) is 0 Å². The van der Waals surface area contributed by atoms with Crippen LogP contribution in [0.2, 0.25) is 0 Å². The van der Waals surface area contributed by atoms with Gasteiger partial charge in [-0.15, -0.1) is 0 Å². The zero-order valence-electron chi connectivity index (χ0n) is 16.3. The van der Waals surface area contributed by atoms with Crippen molar-refractivity contribution in [1.29, 1.82) is 0 Å². The van der Waals surface area contributed by atoms with Gasteiger partial charge in [0, 0.05) is 18.0 Å². The number of benzene rings is 1. The maximum Gasteiger partial charge on any atom is 0.273 e. The number of rotatable bonds is 7. The van der Waals surface area contributed by atoms with Gasteiger partial charge < -0.3 is 14.6 Å². The summed E-state index contributed by atoms with van der Waals surface area (Å²) >= 11 is 0. The lowest BCUT2D eigenvalue weighted by Crippen LogP contribution is -2.38. The fourth-order valence-electron chi connectivity index (χ4n) is 3.23. The van der Waals surface area contributed by atoms with E-state index in [1.807, 2.05) is 45.9 Å². The van der Waals surface area contributed by atoms with Gasteiger partial charge in [-0.2, -0.15) is 0 Å². The second-order valence-corrected chi connectivity index (χ2v) is 7.67. The van der Waals surface area contributed by atoms with Gasteiger partial charge in [0.05, 0.1) is 6.54 Å². The van der Waals surface area contributed by atoms with Crippen molar-refractivity contribution in [2.24, 2.45) is 5.92 Å². The van der Waals surface area contributed by atoms with E-state index in [2.05, 4.69) is 22.4 Å². The number of nitrogens with one attached hydrogen (secondary N) is 1. The van der Waals surface area contributed by atoms with E-state index in [1.165, 1.54) is 11.8 Å². The second kappa shape index (κ2) is 7.94. The highest BCUT2D eigenvalue weighted by Crippen LogP contribution is 2.48.